The third-order valence-electron chi connectivity index (χ3n) is 3.91. The van der Waals surface area contributed by atoms with Crippen molar-refractivity contribution in [2.75, 3.05) is 19.6 Å². The summed E-state index contributed by atoms with van der Waals surface area (Å²) in [4.78, 5) is 14.0. The van der Waals surface area contributed by atoms with Crippen LogP contribution in [0.5, 0.6) is 0 Å². The van der Waals surface area contributed by atoms with Crippen molar-refractivity contribution < 1.29 is 4.79 Å². The molecular formula is C14H28N2O. The van der Waals surface area contributed by atoms with E-state index in [9.17, 15) is 4.79 Å². The van der Waals surface area contributed by atoms with Gasteiger partial charge in [-0.25, -0.2) is 0 Å². The summed E-state index contributed by atoms with van der Waals surface area (Å²) >= 11 is 0. The Morgan fingerprint density at radius 2 is 2.00 bits per heavy atom. The Bertz CT molecular complexity index is 245. The molecule has 1 aliphatic heterocycles. The van der Waals surface area contributed by atoms with Crippen LogP contribution in [0.2, 0.25) is 0 Å². The van der Waals surface area contributed by atoms with Gasteiger partial charge in [0.1, 0.15) is 0 Å². The molecule has 1 rings (SSSR count). The lowest BCUT2D eigenvalue weighted by atomic mass is 9.77. The SMILES string of the molecule is CC(C)(C)C1CCC(=O)N(CCCCN)CC1. The molecule has 1 unspecified atom stereocenters. The zero-order chi connectivity index (χ0) is 12.9. The van der Waals surface area contributed by atoms with Gasteiger partial charge in [-0.15, -0.1) is 0 Å². The zero-order valence-electron chi connectivity index (χ0n) is 11.7. The highest BCUT2D eigenvalue weighted by Crippen LogP contribution is 2.34. The van der Waals surface area contributed by atoms with Crippen molar-refractivity contribution in [3.8, 4) is 0 Å². The Morgan fingerprint density at radius 3 is 2.59 bits per heavy atom. The second kappa shape index (κ2) is 6.39. The minimum absolute atomic E-state index is 0.327. The van der Waals surface area contributed by atoms with E-state index in [1.165, 1.54) is 0 Å². The van der Waals surface area contributed by atoms with Gasteiger partial charge in [0.25, 0.3) is 0 Å². The Hall–Kier alpha value is -0.570. The molecule has 3 nitrogen and oxygen atoms in total. The van der Waals surface area contributed by atoms with E-state index in [0.717, 1.165) is 51.7 Å². The summed E-state index contributed by atoms with van der Waals surface area (Å²) in [6, 6.07) is 0. The monoisotopic (exact) mass is 240 g/mol. The Morgan fingerprint density at radius 1 is 1.29 bits per heavy atom. The molecule has 0 aromatic rings. The second-order valence-corrected chi connectivity index (χ2v) is 6.27. The first-order valence-corrected chi connectivity index (χ1v) is 6.93. The molecule has 1 fully saturated rings. The number of nitrogens with two attached hydrogens (primary N) is 1. The molecule has 0 bridgehead atoms. The lowest BCUT2D eigenvalue weighted by molar-refractivity contribution is -0.130. The standard InChI is InChI=1S/C14H28N2O/c1-14(2,3)12-6-7-13(17)16(11-8-12)10-5-4-9-15/h12H,4-11,15H2,1-3H3. The predicted molar refractivity (Wildman–Crippen MR) is 71.7 cm³/mol. The summed E-state index contributed by atoms with van der Waals surface area (Å²) in [5, 5.41) is 0. The van der Waals surface area contributed by atoms with Crippen molar-refractivity contribution in [1.29, 1.82) is 0 Å². The van der Waals surface area contributed by atoms with Crippen molar-refractivity contribution in [3.05, 3.63) is 0 Å². The van der Waals surface area contributed by atoms with Gasteiger partial charge in [0.15, 0.2) is 0 Å². The highest BCUT2D eigenvalue weighted by Gasteiger charge is 2.29. The smallest absolute Gasteiger partial charge is 0.222 e. The number of carbonyl (C=O) groups excluding carboxylic acids is 1. The number of nitrogens with zero attached hydrogens (tertiary/aromatic N) is 1. The lowest BCUT2D eigenvalue weighted by Crippen LogP contribution is -2.31. The van der Waals surface area contributed by atoms with Crippen molar-refractivity contribution in [2.24, 2.45) is 17.1 Å². The zero-order valence-corrected chi connectivity index (χ0v) is 11.7. The van der Waals surface area contributed by atoms with Gasteiger partial charge in [0.2, 0.25) is 5.91 Å². The average molecular weight is 240 g/mol. The average Bonchev–Trinajstić information content (AvgIpc) is 2.41. The first-order chi connectivity index (χ1) is 7.95. The molecule has 0 aromatic heterocycles. The minimum atomic E-state index is 0.327. The van der Waals surface area contributed by atoms with Gasteiger partial charge in [-0.2, -0.15) is 0 Å². The topological polar surface area (TPSA) is 46.3 Å². The van der Waals surface area contributed by atoms with Crippen LogP contribution >= 0.6 is 0 Å². The number of hydrogen-bond donors (Lipinski definition) is 1. The molecule has 100 valence electrons. The molecule has 0 aromatic carbocycles. The van der Waals surface area contributed by atoms with Crippen molar-refractivity contribution >= 4 is 5.91 Å². The van der Waals surface area contributed by atoms with Crippen LogP contribution in [0.25, 0.3) is 0 Å². The molecule has 0 aliphatic carbocycles. The summed E-state index contributed by atoms with van der Waals surface area (Å²) in [6.45, 7) is 9.41. The van der Waals surface area contributed by atoms with Crippen LogP contribution in [0, 0.1) is 11.3 Å². The molecule has 2 N–H and O–H groups in total. The van der Waals surface area contributed by atoms with Crippen LogP contribution in [0.4, 0.5) is 0 Å². The summed E-state index contributed by atoms with van der Waals surface area (Å²) in [5.41, 5.74) is 5.81. The quantitative estimate of drug-likeness (QED) is 0.767. The molecule has 0 spiro atoms. The largest absolute Gasteiger partial charge is 0.343 e. The molecule has 0 radical (unpaired) electrons. The van der Waals surface area contributed by atoms with Crippen LogP contribution in [0.15, 0.2) is 0 Å². The van der Waals surface area contributed by atoms with Gasteiger partial charge in [-0.1, -0.05) is 20.8 Å². The normalized spacial score (nSPS) is 22.7. The summed E-state index contributed by atoms with van der Waals surface area (Å²) in [6.07, 6.45) is 4.99. The second-order valence-electron chi connectivity index (χ2n) is 6.27. The third-order valence-corrected chi connectivity index (χ3v) is 3.91. The Kier molecular flexibility index (Phi) is 5.44. The number of amides is 1. The van der Waals surface area contributed by atoms with Gasteiger partial charge in [-0.05, 0) is 43.6 Å². The van der Waals surface area contributed by atoms with E-state index < -0.39 is 0 Å². The van der Waals surface area contributed by atoms with E-state index >= 15 is 0 Å². The van der Waals surface area contributed by atoms with Gasteiger partial charge >= 0.3 is 0 Å². The maximum Gasteiger partial charge on any atom is 0.222 e. The van der Waals surface area contributed by atoms with Gasteiger partial charge in [0.05, 0.1) is 0 Å². The summed E-state index contributed by atoms with van der Waals surface area (Å²) < 4.78 is 0. The van der Waals surface area contributed by atoms with Gasteiger partial charge in [0, 0.05) is 19.5 Å². The molecule has 1 aliphatic rings. The van der Waals surface area contributed by atoms with Crippen molar-refractivity contribution in [3.63, 3.8) is 0 Å². The third kappa shape index (κ3) is 4.66. The van der Waals surface area contributed by atoms with E-state index in [4.69, 9.17) is 5.73 Å². The highest BCUT2D eigenvalue weighted by atomic mass is 16.2. The molecule has 17 heavy (non-hydrogen) atoms. The summed E-state index contributed by atoms with van der Waals surface area (Å²) in [7, 11) is 0. The number of hydrogen-bond acceptors (Lipinski definition) is 2. The molecular weight excluding hydrogens is 212 g/mol. The first kappa shape index (κ1) is 14.5. The molecule has 1 saturated heterocycles. The van der Waals surface area contributed by atoms with E-state index in [-0.39, 0.29) is 0 Å². The molecule has 1 amide bonds. The molecule has 1 heterocycles. The van der Waals surface area contributed by atoms with E-state index in [2.05, 4.69) is 20.8 Å². The van der Waals surface area contributed by atoms with Crippen LogP contribution in [-0.2, 0) is 4.79 Å². The van der Waals surface area contributed by atoms with Crippen LogP contribution in [0.3, 0.4) is 0 Å². The van der Waals surface area contributed by atoms with Crippen LogP contribution < -0.4 is 5.73 Å². The number of rotatable bonds is 4. The van der Waals surface area contributed by atoms with Crippen LogP contribution in [-0.4, -0.2) is 30.4 Å². The minimum Gasteiger partial charge on any atom is -0.343 e. The van der Waals surface area contributed by atoms with E-state index in [0.29, 0.717) is 17.2 Å². The molecule has 1 atom stereocenters. The molecule has 3 heteroatoms. The maximum absolute atomic E-state index is 12.0. The van der Waals surface area contributed by atoms with E-state index in [1.54, 1.807) is 0 Å². The highest BCUT2D eigenvalue weighted by molar-refractivity contribution is 5.76. The fourth-order valence-corrected chi connectivity index (χ4v) is 2.59. The Balaban J connectivity index is 2.46. The van der Waals surface area contributed by atoms with E-state index in [1.807, 2.05) is 4.90 Å². The molecule has 0 saturated carbocycles. The summed E-state index contributed by atoms with van der Waals surface area (Å²) in [5.74, 6) is 1.01. The lowest BCUT2D eigenvalue weighted by Gasteiger charge is -2.29. The van der Waals surface area contributed by atoms with Crippen molar-refractivity contribution in [2.45, 2.75) is 52.9 Å². The van der Waals surface area contributed by atoms with Gasteiger partial charge in [-0.3, -0.25) is 4.79 Å². The maximum atomic E-state index is 12.0. The first-order valence-electron chi connectivity index (χ1n) is 6.93. The fourth-order valence-electron chi connectivity index (χ4n) is 2.59. The van der Waals surface area contributed by atoms with Crippen molar-refractivity contribution in [1.82, 2.24) is 4.90 Å². The Labute approximate surface area is 106 Å². The number of carbonyl (C=O) groups is 1. The number of unbranched alkanes of at least 4 members (excludes halogenated alkanes) is 1. The van der Waals surface area contributed by atoms with Crippen LogP contribution in [0.1, 0.15) is 52.9 Å². The van der Waals surface area contributed by atoms with Gasteiger partial charge < -0.3 is 10.6 Å². The predicted octanol–water partition coefficient (Wildman–Crippen LogP) is 2.40. The fraction of sp³-hybridized carbons (Fsp3) is 0.929. The number of likely N-dealkylation sites (tertiary alicyclic amines) is 1.